The summed E-state index contributed by atoms with van der Waals surface area (Å²) in [6, 6.07) is 6.92. The van der Waals surface area contributed by atoms with Crippen LogP contribution in [0.1, 0.15) is 11.4 Å². The first-order valence-electron chi connectivity index (χ1n) is 5.28. The van der Waals surface area contributed by atoms with E-state index >= 15 is 0 Å². The molecule has 0 aliphatic carbocycles. The maximum atomic E-state index is 5.76. The number of halogens is 1. The van der Waals surface area contributed by atoms with Crippen LogP contribution in [-0.4, -0.2) is 27.5 Å². The third kappa shape index (κ3) is 2.06. The van der Waals surface area contributed by atoms with E-state index in [1.165, 1.54) is 11.1 Å². The van der Waals surface area contributed by atoms with Crippen LogP contribution < -0.4 is 0 Å². The highest BCUT2D eigenvalue weighted by atomic mass is 35.5. The minimum Gasteiger partial charge on any atom is -0.331 e. The van der Waals surface area contributed by atoms with Crippen molar-refractivity contribution in [3.63, 3.8) is 0 Å². The molecule has 4 heteroatoms. The topological polar surface area (TPSA) is 21.1 Å². The average Bonchev–Trinajstić information content (AvgIpc) is 2.54. The first kappa shape index (κ1) is 11.4. The van der Waals surface area contributed by atoms with E-state index in [-0.39, 0.29) is 0 Å². The SMILES string of the molecule is Cc1nc2cc(CN(C)CCl)ccc2n1C. The van der Waals surface area contributed by atoms with Gasteiger partial charge in [0.05, 0.1) is 17.0 Å². The Morgan fingerprint density at radius 2 is 2.19 bits per heavy atom. The number of rotatable bonds is 3. The van der Waals surface area contributed by atoms with E-state index < -0.39 is 0 Å². The minimum atomic E-state index is 0.541. The van der Waals surface area contributed by atoms with E-state index in [1.807, 2.05) is 21.0 Å². The van der Waals surface area contributed by atoms with Gasteiger partial charge < -0.3 is 4.57 Å². The number of hydrogen-bond donors (Lipinski definition) is 0. The number of hydrogen-bond acceptors (Lipinski definition) is 2. The summed E-state index contributed by atoms with van der Waals surface area (Å²) in [5, 5.41) is 0. The third-order valence-electron chi connectivity index (χ3n) is 2.83. The molecule has 3 nitrogen and oxygen atoms in total. The smallest absolute Gasteiger partial charge is 0.106 e. The van der Waals surface area contributed by atoms with Crippen LogP contribution >= 0.6 is 11.6 Å². The van der Waals surface area contributed by atoms with Crippen LogP contribution in [0.25, 0.3) is 11.0 Å². The summed E-state index contributed by atoms with van der Waals surface area (Å²) in [7, 11) is 4.04. The quantitative estimate of drug-likeness (QED) is 0.604. The Morgan fingerprint density at radius 1 is 1.44 bits per heavy atom. The molecule has 1 heterocycles. The molecule has 0 saturated carbocycles. The molecule has 2 rings (SSSR count). The van der Waals surface area contributed by atoms with Crippen molar-refractivity contribution in [2.45, 2.75) is 13.5 Å². The van der Waals surface area contributed by atoms with Gasteiger partial charge in [-0.1, -0.05) is 6.07 Å². The van der Waals surface area contributed by atoms with Gasteiger partial charge in [-0.05, 0) is 31.7 Å². The van der Waals surface area contributed by atoms with Crippen molar-refractivity contribution in [2.24, 2.45) is 7.05 Å². The van der Waals surface area contributed by atoms with Gasteiger partial charge in [-0.3, -0.25) is 4.90 Å². The molecule has 0 aliphatic rings. The zero-order chi connectivity index (χ0) is 11.7. The molecule has 0 fully saturated rings. The fourth-order valence-electron chi connectivity index (χ4n) is 1.82. The number of imidazole rings is 1. The van der Waals surface area contributed by atoms with Crippen molar-refractivity contribution < 1.29 is 0 Å². The van der Waals surface area contributed by atoms with Crippen molar-refractivity contribution in [3.05, 3.63) is 29.6 Å². The minimum absolute atomic E-state index is 0.541. The molecule has 0 atom stereocenters. The van der Waals surface area contributed by atoms with Gasteiger partial charge in [-0.25, -0.2) is 4.98 Å². The van der Waals surface area contributed by atoms with Crippen LogP contribution in [0.5, 0.6) is 0 Å². The molecule has 0 saturated heterocycles. The lowest BCUT2D eigenvalue weighted by molar-refractivity contribution is 0.382. The second-order valence-corrected chi connectivity index (χ2v) is 4.41. The molecule has 0 spiro atoms. The zero-order valence-electron chi connectivity index (χ0n) is 9.87. The number of aryl methyl sites for hydroxylation is 2. The van der Waals surface area contributed by atoms with Crippen LogP contribution in [0.2, 0.25) is 0 Å². The number of benzene rings is 1. The van der Waals surface area contributed by atoms with Crippen LogP contribution in [0, 0.1) is 6.92 Å². The summed E-state index contributed by atoms with van der Waals surface area (Å²) in [5.41, 5.74) is 3.48. The molecule has 2 aromatic rings. The fourth-order valence-corrected chi connectivity index (χ4v) is 1.90. The van der Waals surface area contributed by atoms with Gasteiger partial charge in [0.15, 0.2) is 0 Å². The van der Waals surface area contributed by atoms with Crippen LogP contribution in [0.15, 0.2) is 18.2 Å². The summed E-state index contributed by atoms with van der Waals surface area (Å²) < 4.78 is 2.10. The Balaban J connectivity index is 2.37. The van der Waals surface area contributed by atoms with Gasteiger partial charge >= 0.3 is 0 Å². The van der Waals surface area contributed by atoms with Crippen molar-refractivity contribution >= 4 is 22.6 Å². The normalized spacial score (nSPS) is 11.6. The molecule has 0 bridgehead atoms. The number of aromatic nitrogens is 2. The predicted molar refractivity (Wildman–Crippen MR) is 67.6 cm³/mol. The molecule has 1 aromatic carbocycles. The molecule has 16 heavy (non-hydrogen) atoms. The Morgan fingerprint density at radius 3 is 2.88 bits per heavy atom. The highest BCUT2D eigenvalue weighted by Crippen LogP contribution is 2.17. The second-order valence-electron chi connectivity index (χ2n) is 4.17. The lowest BCUT2D eigenvalue weighted by Gasteiger charge is -2.12. The highest BCUT2D eigenvalue weighted by Gasteiger charge is 2.05. The Kier molecular flexibility index (Phi) is 3.17. The zero-order valence-corrected chi connectivity index (χ0v) is 10.6. The Hall–Kier alpha value is -1.06. The monoisotopic (exact) mass is 237 g/mol. The van der Waals surface area contributed by atoms with Gasteiger partial charge in [0.1, 0.15) is 5.82 Å². The standard InChI is InChI=1S/C12H16ClN3/c1-9-14-11-6-10(7-15(2)8-13)4-5-12(11)16(9)3/h4-6H,7-8H2,1-3H3. The van der Waals surface area contributed by atoms with Gasteiger partial charge in [-0.15, -0.1) is 11.6 Å². The number of fused-ring (bicyclic) bond motifs is 1. The van der Waals surface area contributed by atoms with Gasteiger partial charge in [-0.2, -0.15) is 0 Å². The Bertz CT molecular complexity index is 504. The van der Waals surface area contributed by atoms with Gasteiger partial charge in [0, 0.05) is 13.6 Å². The third-order valence-corrected chi connectivity index (χ3v) is 3.23. The van der Waals surface area contributed by atoms with E-state index in [0.29, 0.717) is 6.00 Å². The molecule has 0 radical (unpaired) electrons. The molecule has 0 unspecified atom stereocenters. The van der Waals surface area contributed by atoms with Crippen molar-refractivity contribution in [3.8, 4) is 0 Å². The maximum Gasteiger partial charge on any atom is 0.106 e. The Labute approximate surface area is 101 Å². The largest absolute Gasteiger partial charge is 0.331 e. The summed E-state index contributed by atoms with van der Waals surface area (Å²) in [4.78, 5) is 6.57. The van der Waals surface area contributed by atoms with E-state index in [0.717, 1.165) is 17.9 Å². The van der Waals surface area contributed by atoms with Crippen LogP contribution in [0.4, 0.5) is 0 Å². The molecule has 86 valence electrons. The van der Waals surface area contributed by atoms with Crippen LogP contribution in [0.3, 0.4) is 0 Å². The van der Waals surface area contributed by atoms with Crippen molar-refractivity contribution in [2.75, 3.05) is 13.1 Å². The van der Waals surface area contributed by atoms with Gasteiger partial charge in [0.2, 0.25) is 0 Å². The predicted octanol–water partition coefficient (Wildman–Crippen LogP) is 2.51. The lowest BCUT2D eigenvalue weighted by Crippen LogP contribution is -2.15. The molecule has 0 amide bonds. The van der Waals surface area contributed by atoms with Gasteiger partial charge in [0.25, 0.3) is 0 Å². The highest BCUT2D eigenvalue weighted by molar-refractivity contribution is 6.17. The van der Waals surface area contributed by atoms with Crippen LogP contribution in [-0.2, 0) is 13.6 Å². The van der Waals surface area contributed by atoms with Crippen molar-refractivity contribution in [1.82, 2.24) is 14.5 Å². The number of alkyl halides is 1. The fraction of sp³-hybridized carbons (Fsp3) is 0.417. The summed E-state index contributed by atoms with van der Waals surface area (Å²) >= 11 is 5.76. The maximum absolute atomic E-state index is 5.76. The molecule has 1 aromatic heterocycles. The van der Waals surface area contributed by atoms with E-state index in [9.17, 15) is 0 Å². The number of nitrogens with zero attached hydrogens (tertiary/aromatic N) is 3. The van der Waals surface area contributed by atoms with E-state index in [4.69, 9.17) is 11.6 Å². The summed E-state index contributed by atoms with van der Waals surface area (Å²) in [6.07, 6.45) is 0. The summed E-state index contributed by atoms with van der Waals surface area (Å²) in [6.45, 7) is 2.87. The van der Waals surface area contributed by atoms with Crippen molar-refractivity contribution in [1.29, 1.82) is 0 Å². The molecular weight excluding hydrogens is 222 g/mol. The molecule has 0 aliphatic heterocycles. The van der Waals surface area contributed by atoms with E-state index in [1.54, 1.807) is 0 Å². The summed E-state index contributed by atoms with van der Waals surface area (Å²) in [5.74, 6) is 1.04. The molecular formula is C12H16ClN3. The second kappa shape index (κ2) is 4.44. The average molecular weight is 238 g/mol. The molecule has 0 N–H and O–H groups in total. The first-order valence-corrected chi connectivity index (χ1v) is 5.81. The first-order chi connectivity index (χ1) is 7.61. The van der Waals surface area contributed by atoms with E-state index in [2.05, 4.69) is 32.7 Å². The lowest BCUT2D eigenvalue weighted by atomic mass is 10.2.